The quantitative estimate of drug-likeness (QED) is 0.871. The number of nitrogens with two attached hydrogens (primary N) is 1. The van der Waals surface area contributed by atoms with Crippen molar-refractivity contribution in [3.8, 4) is 0 Å². The number of halogens is 2. The molecule has 0 spiro atoms. The van der Waals surface area contributed by atoms with Gasteiger partial charge in [0, 0.05) is 23.8 Å². The minimum absolute atomic E-state index is 0.153. The maximum absolute atomic E-state index is 6.04. The summed E-state index contributed by atoms with van der Waals surface area (Å²) in [5, 5.41) is 4.28. The Balaban J connectivity index is 2.23. The molecule has 0 heterocycles. The maximum Gasteiger partial charge on any atom is 0.0813 e. The zero-order valence-electron chi connectivity index (χ0n) is 11.1. The van der Waals surface area contributed by atoms with Gasteiger partial charge in [-0.2, -0.15) is 0 Å². The van der Waals surface area contributed by atoms with Crippen molar-refractivity contribution in [2.75, 3.05) is 19.0 Å². The highest BCUT2D eigenvalue weighted by Gasteiger charge is 2.40. The van der Waals surface area contributed by atoms with Gasteiger partial charge in [0.15, 0.2) is 0 Å². The van der Waals surface area contributed by atoms with Gasteiger partial charge in [-0.15, -0.1) is 0 Å². The molecule has 1 aromatic carbocycles. The Hall–Kier alpha value is -0.290. The fourth-order valence-corrected chi connectivity index (χ4v) is 3.34. The van der Waals surface area contributed by atoms with Gasteiger partial charge in [-0.1, -0.05) is 24.4 Å². The summed E-state index contributed by atoms with van der Waals surface area (Å²) < 4.78 is 6.53. The van der Waals surface area contributed by atoms with E-state index in [0.29, 0.717) is 11.6 Å². The fraction of sp³-hybridized carbons (Fsp3) is 0.571. The van der Waals surface area contributed by atoms with Crippen LogP contribution in [-0.2, 0) is 4.74 Å². The second-order valence-electron chi connectivity index (χ2n) is 5.08. The van der Waals surface area contributed by atoms with E-state index >= 15 is 0 Å². The monoisotopic (exact) mass is 346 g/mol. The van der Waals surface area contributed by atoms with Gasteiger partial charge in [-0.3, -0.25) is 0 Å². The molecular weight excluding hydrogens is 328 g/mol. The fourth-order valence-electron chi connectivity index (χ4n) is 2.84. The average molecular weight is 348 g/mol. The second kappa shape index (κ2) is 6.44. The van der Waals surface area contributed by atoms with Crippen molar-refractivity contribution in [2.45, 2.75) is 37.3 Å². The van der Waals surface area contributed by atoms with Crippen LogP contribution >= 0.6 is 27.5 Å². The van der Waals surface area contributed by atoms with Crippen LogP contribution in [0.1, 0.15) is 25.7 Å². The average Bonchev–Trinajstić information content (AvgIpc) is 2.43. The Morgan fingerprint density at radius 1 is 1.53 bits per heavy atom. The Bertz CT molecular complexity index is 443. The molecule has 1 aliphatic rings. The number of ether oxygens (including phenoxy) is 1. The number of benzene rings is 1. The number of rotatable bonds is 4. The van der Waals surface area contributed by atoms with Crippen molar-refractivity contribution in [1.82, 2.24) is 0 Å². The predicted octanol–water partition coefficient (Wildman–Crippen LogP) is 3.80. The highest BCUT2D eigenvalue weighted by atomic mass is 79.9. The Kier molecular flexibility index (Phi) is 5.12. The van der Waals surface area contributed by atoms with Crippen molar-refractivity contribution < 1.29 is 4.74 Å². The van der Waals surface area contributed by atoms with Gasteiger partial charge >= 0.3 is 0 Å². The van der Waals surface area contributed by atoms with Crippen LogP contribution in [0.25, 0.3) is 0 Å². The first kappa shape index (κ1) is 15.1. The Morgan fingerprint density at radius 3 is 2.95 bits per heavy atom. The molecule has 0 aromatic heterocycles. The van der Waals surface area contributed by atoms with E-state index in [1.165, 1.54) is 12.8 Å². The van der Waals surface area contributed by atoms with Gasteiger partial charge < -0.3 is 15.8 Å². The summed E-state index contributed by atoms with van der Waals surface area (Å²) in [5.41, 5.74) is 6.88. The topological polar surface area (TPSA) is 47.3 Å². The van der Waals surface area contributed by atoms with E-state index in [9.17, 15) is 0 Å². The van der Waals surface area contributed by atoms with Gasteiger partial charge in [0.2, 0.25) is 0 Å². The summed E-state index contributed by atoms with van der Waals surface area (Å²) in [7, 11) is 1.76. The van der Waals surface area contributed by atoms with Crippen LogP contribution in [0.3, 0.4) is 0 Å². The predicted molar refractivity (Wildman–Crippen MR) is 83.8 cm³/mol. The molecule has 5 heteroatoms. The van der Waals surface area contributed by atoms with Gasteiger partial charge in [0.05, 0.1) is 16.7 Å². The largest absolute Gasteiger partial charge is 0.379 e. The summed E-state index contributed by atoms with van der Waals surface area (Å²) in [6.45, 7) is 0.561. The summed E-state index contributed by atoms with van der Waals surface area (Å²) in [6.07, 6.45) is 4.61. The van der Waals surface area contributed by atoms with E-state index in [-0.39, 0.29) is 11.6 Å². The third kappa shape index (κ3) is 3.24. The molecule has 3 nitrogen and oxygen atoms in total. The lowest BCUT2D eigenvalue weighted by atomic mass is 9.78. The standard InChI is InChI=1S/C14H20BrClN2O/c1-19-13-4-2-3-7-14(13,9-17)18-10-5-6-12(16)11(15)8-10/h5-6,8,13,18H,2-4,7,9,17H2,1H3. The third-order valence-corrected chi connectivity index (χ3v) is 5.13. The second-order valence-corrected chi connectivity index (χ2v) is 6.35. The number of hydrogen-bond donors (Lipinski definition) is 2. The summed E-state index contributed by atoms with van der Waals surface area (Å²) in [4.78, 5) is 0. The minimum Gasteiger partial charge on any atom is -0.379 e. The van der Waals surface area contributed by atoms with Crippen LogP contribution in [0.2, 0.25) is 5.02 Å². The molecule has 2 rings (SSSR count). The first-order valence-corrected chi connectivity index (χ1v) is 7.74. The highest BCUT2D eigenvalue weighted by molar-refractivity contribution is 9.10. The van der Waals surface area contributed by atoms with Crippen molar-refractivity contribution in [1.29, 1.82) is 0 Å². The molecule has 2 unspecified atom stereocenters. The number of methoxy groups -OCH3 is 1. The first-order chi connectivity index (χ1) is 9.11. The van der Waals surface area contributed by atoms with Crippen LogP contribution in [0.5, 0.6) is 0 Å². The van der Waals surface area contributed by atoms with Gasteiger partial charge in [-0.05, 0) is 47.0 Å². The van der Waals surface area contributed by atoms with Crippen LogP contribution in [0.15, 0.2) is 22.7 Å². The molecule has 106 valence electrons. The molecule has 3 N–H and O–H groups in total. The lowest BCUT2D eigenvalue weighted by Gasteiger charge is -2.44. The van der Waals surface area contributed by atoms with Crippen molar-refractivity contribution in [3.05, 3.63) is 27.7 Å². The van der Waals surface area contributed by atoms with E-state index in [1.807, 2.05) is 18.2 Å². The zero-order valence-corrected chi connectivity index (χ0v) is 13.4. The van der Waals surface area contributed by atoms with Crippen LogP contribution in [-0.4, -0.2) is 25.3 Å². The molecule has 2 atom stereocenters. The zero-order chi connectivity index (χ0) is 13.9. The number of hydrogen-bond acceptors (Lipinski definition) is 3. The van der Waals surface area contributed by atoms with Crippen molar-refractivity contribution >= 4 is 33.2 Å². The lowest BCUT2D eigenvalue weighted by molar-refractivity contribution is 0.0190. The minimum atomic E-state index is -0.180. The summed E-state index contributed by atoms with van der Waals surface area (Å²) in [6, 6.07) is 5.84. The molecule has 0 amide bonds. The molecule has 1 fully saturated rings. The molecule has 0 aliphatic heterocycles. The van der Waals surface area contributed by atoms with Crippen LogP contribution in [0.4, 0.5) is 5.69 Å². The third-order valence-electron chi connectivity index (χ3n) is 3.92. The first-order valence-electron chi connectivity index (χ1n) is 6.57. The van der Waals surface area contributed by atoms with E-state index < -0.39 is 0 Å². The van der Waals surface area contributed by atoms with Gasteiger partial charge in [-0.25, -0.2) is 0 Å². The summed E-state index contributed by atoms with van der Waals surface area (Å²) in [5.74, 6) is 0. The van der Waals surface area contributed by atoms with Gasteiger partial charge in [0.25, 0.3) is 0 Å². The van der Waals surface area contributed by atoms with Crippen LogP contribution < -0.4 is 11.1 Å². The summed E-state index contributed by atoms with van der Waals surface area (Å²) >= 11 is 9.47. The molecule has 1 aliphatic carbocycles. The van der Waals surface area contributed by atoms with Crippen molar-refractivity contribution in [2.24, 2.45) is 5.73 Å². The molecule has 0 bridgehead atoms. The molecule has 1 saturated carbocycles. The maximum atomic E-state index is 6.04. The van der Waals surface area contributed by atoms with Gasteiger partial charge in [0.1, 0.15) is 0 Å². The number of nitrogens with one attached hydrogen (secondary N) is 1. The molecule has 19 heavy (non-hydrogen) atoms. The molecule has 1 aromatic rings. The smallest absolute Gasteiger partial charge is 0.0813 e. The van der Waals surface area contributed by atoms with E-state index in [1.54, 1.807) is 7.11 Å². The Morgan fingerprint density at radius 2 is 2.32 bits per heavy atom. The SMILES string of the molecule is COC1CCCCC1(CN)Nc1ccc(Cl)c(Br)c1. The van der Waals surface area contributed by atoms with E-state index in [0.717, 1.165) is 23.0 Å². The van der Waals surface area contributed by atoms with E-state index in [4.69, 9.17) is 22.1 Å². The number of anilines is 1. The van der Waals surface area contributed by atoms with Crippen LogP contribution in [0, 0.1) is 0 Å². The lowest BCUT2D eigenvalue weighted by Crippen LogP contribution is -2.57. The molecular formula is C14H20BrClN2O. The highest BCUT2D eigenvalue weighted by Crippen LogP contribution is 2.34. The molecule has 0 saturated heterocycles. The molecule has 0 radical (unpaired) electrons. The Labute approximate surface area is 128 Å². The van der Waals surface area contributed by atoms with Crippen molar-refractivity contribution in [3.63, 3.8) is 0 Å². The van der Waals surface area contributed by atoms with E-state index in [2.05, 4.69) is 21.2 Å². The normalized spacial score (nSPS) is 27.3.